The summed E-state index contributed by atoms with van der Waals surface area (Å²) in [6.07, 6.45) is 7.99. The van der Waals surface area contributed by atoms with Crippen molar-refractivity contribution in [1.82, 2.24) is 14.9 Å². The molecule has 4 heteroatoms. The van der Waals surface area contributed by atoms with Crippen LogP contribution in [0.2, 0.25) is 0 Å². The number of rotatable bonds is 6. The topological polar surface area (TPSA) is 39.1 Å². The fourth-order valence-electron chi connectivity index (χ4n) is 3.10. The number of ether oxygens (including phenoxy) is 1. The highest BCUT2D eigenvalue weighted by atomic mass is 16.5. The number of hydrogen-bond acceptors (Lipinski definition) is 3. The van der Waals surface area contributed by atoms with E-state index in [9.17, 15) is 0 Å². The Morgan fingerprint density at radius 3 is 3.05 bits per heavy atom. The largest absolute Gasteiger partial charge is 0.383 e. The summed E-state index contributed by atoms with van der Waals surface area (Å²) in [5, 5.41) is 3.41. The van der Waals surface area contributed by atoms with E-state index in [4.69, 9.17) is 4.74 Å². The van der Waals surface area contributed by atoms with E-state index < -0.39 is 0 Å². The quantitative estimate of drug-likeness (QED) is 0.804. The fourth-order valence-corrected chi connectivity index (χ4v) is 3.10. The molecule has 2 rings (SSSR count). The zero-order valence-electron chi connectivity index (χ0n) is 12.4. The number of nitrogens with one attached hydrogen (secondary N) is 1. The Morgan fingerprint density at radius 1 is 1.42 bits per heavy atom. The molecule has 1 heterocycles. The van der Waals surface area contributed by atoms with E-state index in [0.29, 0.717) is 6.04 Å². The molecule has 4 nitrogen and oxygen atoms in total. The molecule has 0 aliphatic heterocycles. The second-order valence-corrected chi connectivity index (χ2v) is 5.80. The predicted octanol–water partition coefficient (Wildman–Crippen LogP) is 2.62. The van der Waals surface area contributed by atoms with Crippen LogP contribution in [0.5, 0.6) is 0 Å². The van der Waals surface area contributed by atoms with Crippen molar-refractivity contribution in [3.8, 4) is 0 Å². The van der Waals surface area contributed by atoms with Crippen LogP contribution < -0.4 is 5.32 Å². The van der Waals surface area contributed by atoms with Crippen molar-refractivity contribution < 1.29 is 4.74 Å². The van der Waals surface area contributed by atoms with Gasteiger partial charge in [0.15, 0.2) is 0 Å². The van der Waals surface area contributed by atoms with E-state index >= 15 is 0 Å². The van der Waals surface area contributed by atoms with Gasteiger partial charge in [-0.1, -0.05) is 26.7 Å². The van der Waals surface area contributed by atoms with Gasteiger partial charge in [0.25, 0.3) is 0 Å². The maximum atomic E-state index is 5.05. The van der Waals surface area contributed by atoms with Gasteiger partial charge in [0.1, 0.15) is 0 Å². The SMILES string of the molecule is COCCNCc1cncn1C1CCCC(C)C1C. The first-order valence-corrected chi connectivity index (χ1v) is 7.44. The zero-order valence-corrected chi connectivity index (χ0v) is 12.4. The summed E-state index contributed by atoms with van der Waals surface area (Å²) in [6.45, 7) is 7.28. The lowest BCUT2D eigenvalue weighted by Gasteiger charge is -2.35. The molecule has 0 aromatic carbocycles. The number of methoxy groups -OCH3 is 1. The highest BCUT2D eigenvalue weighted by Crippen LogP contribution is 2.38. The summed E-state index contributed by atoms with van der Waals surface area (Å²) in [6, 6.07) is 0.616. The molecule has 0 radical (unpaired) electrons. The van der Waals surface area contributed by atoms with Gasteiger partial charge in [0.2, 0.25) is 0 Å². The maximum absolute atomic E-state index is 5.05. The number of imidazole rings is 1. The Morgan fingerprint density at radius 2 is 2.26 bits per heavy atom. The van der Waals surface area contributed by atoms with Gasteiger partial charge in [-0.3, -0.25) is 0 Å². The lowest BCUT2D eigenvalue weighted by atomic mass is 9.78. The molecule has 1 saturated carbocycles. The number of nitrogens with zero attached hydrogens (tertiary/aromatic N) is 2. The molecule has 1 fully saturated rings. The monoisotopic (exact) mass is 265 g/mol. The average Bonchev–Trinajstić information content (AvgIpc) is 2.86. The van der Waals surface area contributed by atoms with E-state index in [2.05, 4.69) is 28.7 Å². The van der Waals surface area contributed by atoms with Crippen molar-refractivity contribution in [2.75, 3.05) is 20.3 Å². The minimum absolute atomic E-state index is 0.616. The van der Waals surface area contributed by atoms with Crippen molar-refractivity contribution in [3.63, 3.8) is 0 Å². The highest BCUT2D eigenvalue weighted by Gasteiger charge is 2.29. The molecule has 3 unspecified atom stereocenters. The fraction of sp³-hybridized carbons (Fsp3) is 0.800. The third-order valence-corrected chi connectivity index (χ3v) is 4.56. The molecule has 108 valence electrons. The molecule has 3 atom stereocenters. The van der Waals surface area contributed by atoms with Gasteiger partial charge in [0.05, 0.1) is 18.6 Å². The van der Waals surface area contributed by atoms with Crippen LogP contribution in [0, 0.1) is 11.8 Å². The molecule has 1 aromatic heterocycles. The maximum Gasteiger partial charge on any atom is 0.0951 e. The van der Waals surface area contributed by atoms with Crippen LogP contribution >= 0.6 is 0 Å². The van der Waals surface area contributed by atoms with Crippen LogP contribution in [0.1, 0.15) is 44.8 Å². The smallest absolute Gasteiger partial charge is 0.0951 e. The third-order valence-electron chi connectivity index (χ3n) is 4.56. The van der Waals surface area contributed by atoms with E-state index in [0.717, 1.165) is 31.5 Å². The third kappa shape index (κ3) is 3.57. The molecule has 0 saturated heterocycles. The Labute approximate surface area is 116 Å². The Kier molecular flexibility index (Phi) is 5.40. The van der Waals surface area contributed by atoms with Crippen molar-refractivity contribution in [1.29, 1.82) is 0 Å². The first-order valence-electron chi connectivity index (χ1n) is 7.44. The first kappa shape index (κ1) is 14.5. The van der Waals surface area contributed by atoms with Crippen LogP contribution in [-0.2, 0) is 11.3 Å². The van der Waals surface area contributed by atoms with E-state index in [1.54, 1.807) is 7.11 Å². The first-order chi connectivity index (χ1) is 9.24. The van der Waals surface area contributed by atoms with Crippen molar-refractivity contribution in [3.05, 3.63) is 18.2 Å². The van der Waals surface area contributed by atoms with Gasteiger partial charge in [-0.25, -0.2) is 4.98 Å². The molecule has 19 heavy (non-hydrogen) atoms. The van der Waals surface area contributed by atoms with Crippen LogP contribution in [-0.4, -0.2) is 29.8 Å². The average molecular weight is 265 g/mol. The van der Waals surface area contributed by atoms with Gasteiger partial charge in [-0.15, -0.1) is 0 Å². The molecule has 1 aliphatic carbocycles. The lowest BCUT2D eigenvalue weighted by molar-refractivity contribution is 0.181. The molecule has 0 bridgehead atoms. The number of aromatic nitrogens is 2. The van der Waals surface area contributed by atoms with Crippen molar-refractivity contribution >= 4 is 0 Å². The Bertz CT molecular complexity index is 377. The number of hydrogen-bond donors (Lipinski definition) is 1. The van der Waals surface area contributed by atoms with Crippen LogP contribution in [0.25, 0.3) is 0 Å². The summed E-state index contributed by atoms with van der Waals surface area (Å²) in [7, 11) is 1.73. The van der Waals surface area contributed by atoms with Gasteiger partial charge >= 0.3 is 0 Å². The van der Waals surface area contributed by atoms with Gasteiger partial charge in [0, 0.05) is 32.4 Å². The normalized spacial score (nSPS) is 27.6. The molecule has 1 aliphatic rings. The second-order valence-electron chi connectivity index (χ2n) is 5.80. The Hall–Kier alpha value is -0.870. The van der Waals surface area contributed by atoms with Crippen LogP contribution in [0.15, 0.2) is 12.5 Å². The van der Waals surface area contributed by atoms with Gasteiger partial charge in [-0.05, 0) is 18.3 Å². The summed E-state index contributed by atoms with van der Waals surface area (Å²) < 4.78 is 7.44. The molecular weight excluding hydrogens is 238 g/mol. The minimum atomic E-state index is 0.616. The lowest BCUT2D eigenvalue weighted by Crippen LogP contribution is -2.29. The Balaban J connectivity index is 1.98. The second kappa shape index (κ2) is 7.06. The zero-order chi connectivity index (χ0) is 13.7. The minimum Gasteiger partial charge on any atom is -0.383 e. The summed E-state index contributed by atoms with van der Waals surface area (Å²) in [5.74, 6) is 1.55. The molecule has 1 aromatic rings. The summed E-state index contributed by atoms with van der Waals surface area (Å²) in [5.41, 5.74) is 1.29. The van der Waals surface area contributed by atoms with Gasteiger partial charge in [-0.2, -0.15) is 0 Å². The van der Waals surface area contributed by atoms with E-state index in [1.807, 2.05) is 12.5 Å². The van der Waals surface area contributed by atoms with Gasteiger partial charge < -0.3 is 14.6 Å². The molecular formula is C15H27N3O. The van der Waals surface area contributed by atoms with Crippen LogP contribution in [0.4, 0.5) is 0 Å². The van der Waals surface area contributed by atoms with E-state index in [1.165, 1.54) is 25.0 Å². The molecule has 1 N–H and O–H groups in total. The van der Waals surface area contributed by atoms with Crippen molar-refractivity contribution in [2.45, 2.75) is 45.7 Å². The summed E-state index contributed by atoms with van der Waals surface area (Å²) in [4.78, 5) is 4.35. The van der Waals surface area contributed by atoms with Crippen LogP contribution in [0.3, 0.4) is 0 Å². The molecule has 0 amide bonds. The summed E-state index contributed by atoms with van der Waals surface area (Å²) >= 11 is 0. The predicted molar refractivity (Wildman–Crippen MR) is 77.0 cm³/mol. The molecule has 0 spiro atoms. The standard InChI is InChI=1S/C15H27N3O/c1-12-5-4-6-15(13(12)2)18-11-17-10-14(18)9-16-7-8-19-3/h10-13,15-16H,4-9H2,1-3H3. The highest BCUT2D eigenvalue weighted by molar-refractivity contribution is 5.02. The van der Waals surface area contributed by atoms with E-state index in [-0.39, 0.29) is 0 Å². The van der Waals surface area contributed by atoms with Crippen molar-refractivity contribution in [2.24, 2.45) is 11.8 Å².